The molecule has 3 aromatic carbocycles. The minimum absolute atomic E-state index is 0.0800. The molecule has 0 aliphatic carbocycles. The first-order chi connectivity index (χ1) is 16.0. The van der Waals surface area contributed by atoms with Crippen LogP contribution in [0.2, 0.25) is 0 Å². The molecule has 7 heteroatoms. The molecule has 1 atom stereocenters. The summed E-state index contributed by atoms with van der Waals surface area (Å²) >= 11 is 0. The maximum absolute atomic E-state index is 12.8. The number of ketones is 1. The second kappa shape index (κ2) is 9.75. The molecule has 1 N–H and O–H groups in total. The number of carbonyl (C=O) groups is 2. The minimum atomic E-state index is -0.897. The van der Waals surface area contributed by atoms with E-state index >= 15 is 0 Å². The highest BCUT2D eigenvalue weighted by Gasteiger charge is 2.32. The first-order valence-corrected chi connectivity index (χ1v) is 10.5. The van der Waals surface area contributed by atoms with Crippen molar-refractivity contribution in [2.45, 2.75) is 12.6 Å². The first kappa shape index (κ1) is 22.4. The summed E-state index contributed by atoms with van der Waals surface area (Å²) in [5.41, 5.74) is 2.50. The summed E-state index contributed by atoms with van der Waals surface area (Å²) in [6.07, 6.45) is -0.897. The lowest BCUT2D eigenvalue weighted by Gasteiger charge is -2.34. The Kier molecular flexibility index (Phi) is 6.60. The number of methoxy groups -OCH3 is 2. The van der Waals surface area contributed by atoms with Crippen LogP contribution in [0, 0.1) is 0 Å². The van der Waals surface area contributed by atoms with Crippen LogP contribution in [0.1, 0.15) is 33.2 Å². The number of hydrogen-bond donors (Lipinski definition) is 1. The summed E-state index contributed by atoms with van der Waals surface area (Å²) < 4.78 is 16.4. The van der Waals surface area contributed by atoms with Crippen molar-refractivity contribution >= 4 is 11.7 Å². The second-order valence-corrected chi connectivity index (χ2v) is 7.66. The molecule has 0 bridgehead atoms. The molecular weight excluding hydrogens is 422 g/mol. The summed E-state index contributed by atoms with van der Waals surface area (Å²) in [7, 11) is 3.09. The molecule has 0 saturated carbocycles. The molecule has 7 nitrogen and oxygen atoms in total. The number of carbonyl (C=O) groups excluding carboxylic acids is 2. The van der Waals surface area contributed by atoms with Gasteiger partial charge in [-0.2, -0.15) is 0 Å². The van der Waals surface area contributed by atoms with Gasteiger partial charge in [-0.25, -0.2) is 0 Å². The Morgan fingerprint density at radius 1 is 0.909 bits per heavy atom. The molecule has 3 aromatic rings. The van der Waals surface area contributed by atoms with Crippen molar-refractivity contribution < 1.29 is 28.9 Å². The maximum Gasteiger partial charge on any atom is 0.260 e. The molecule has 0 saturated heterocycles. The van der Waals surface area contributed by atoms with Crippen LogP contribution in [0.4, 0.5) is 0 Å². The Morgan fingerprint density at radius 3 is 2.21 bits per heavy atom. The maximum atomic E-state index is 12.8. The van der Waals surface area contributed by atoms with E-state index in [1.165, 1.54) is 4.90 Å². The number of ether oxygens (including phenoxy) is 3. The van der Waals surface area contributed by atoms with Crippen LogP contribution in [0.3, 0.4) is 0 Å². The normalized spacial score (nSPS) is 14.9. The van der Waals surface area contributed by atoms with E-state index in [0.717, 1.165) is 0 Å². The zero-order valence-electron chi connectivity index (χ0n) is 18.5. The monoisotopic (exact) mass is 447 g/mol. The third-order valence-corrected chi connectivity index (χ3v) is 5.66. The minimum Gasteiger partial charge on any atom is -0.496 e. The Morgan fingerprint density at radius 2 is 1.55 bits per heavy atom. The number of amides is 1. The van der Waals surface area contributed by atoms with Crippen LogP contribution in [-0.2, 0) is 11.3 Å². The van der Waals surface area contributed by atoms with Crippen molar-refractivity contribution in [1.29, 1.82) is 0 Å². The molecule has 4 rings (SSSR count). The van der Waals surface area contributed by atoms with Gasteiger partial charge in [0.05, 0.1) is 27.3 Å². The van der Waals surface area contributed by atoms with Gasteiger partial charge in [0, 0.05) is 22.3 Å². The van der Waals surface area contributed by atoms with Gasteiger partial charge in [0.15, 0.2) is 12.4 Å². The van der Waals surface area contributed by atoms with Crippen LogP contribution < -0.4 is 14.2 Å². The third-order valence-electron chi connectivity index (χ3n) is 5.66. The third kappa shape index (κ3) is 4.68. The van der Waals surface area contributed by atoms with Crippen LogP contribution in [-0.4, -0.2) is 49.1 Å². The average molecular weight is 447 g/mol. The molecule has 170 valence electrons. The van der Waals surface area contributed by atoms with Crippen LogP contribution in [0.25, 0.3) is 0 Å². The molecular formula is C26H25NO6. The fourth-order valence-electron chi connectivity index (χ4n) is 3.96. The van der Waals surface area contributed by atoms with Gasteiger partial charge in [0.2, 0.25) is 0 Å². The predicted molar refractivity (Wildman–Crippen MR) is 122 cm³/mol. The lowest BCUT2D eigenvalue weighted by atomic mass is 9.95. The van der Waals surface area contributed by atoms with E-state index in [1.807, 2.05) is 18.2 Å². The highest BCUT2D eigenvalue weighted by Crippen LogP contribution is 2.39. The number of nitrogens with zero attached hydrogens (tertiary/aromatic N) is 1. The van der Waals surface area contributed by atoms with Gasteiger partial charge >= 0.3 is 0 Å². The SMILES string of the molecule is COc1ccc(OC)c2c1CN(C(=O)COc1ccc(C(=O)c3ccccc3)cc1)CC2O. The van der Waals surface area contributed by atoms with Crippen molar-refractivity contribution in [3.63, 3.8) is 0 Å². The number of rotatable bonds is 7. The topological polar surface area (TPSA) is 85.3 Å². The molecule has 1 unspecified atom stereocenters. The van der Waals surface area contributed by atoms with Crippen molar-refractivity contribution in [1.82, 2.24) is 4.90 Å². The Balaban J connectivity index is 1.41. The van der Waals surface area contributed by atoms with Crippen molar-refractivity contribution in [3.05, 3.63) is 89.0 Å². The van der Waals surface area contributed by atoms with Crippen molar-refractivity contribution in [3.8, 4) is 17.2 Å². The smallest absolute Gasteiger partial charge is 0.260 e. The summed E-state index contributed by atoms with van der Waals surface area (Å²) in [4.78, 5) is 26.8. The summed E-state index contributed by atoms with van der Waals surface area (Å²) in [5, 5.41) is 10.7. The van der Waals surface area contributed by atoms with Gasteiger partial charge in [-0.15, -0.1) is 0 Å². The predicted octanol–water partition coefficient (Wildman–Crippen LogP) is 3.39. The molecule has 1 aliphatic rings. The van der Waals surface area contributed by atoms with E-state index in [-0.39, 0.29) is 31.4 Å². The fourth-order valence-corrected chi connectivity index (χ4v) is 3.96. The summed E-state index contributed by atoms with van der Waals surface area (Å²) in [5.74, 6) is 1.27. The van der Waals surface area contributed by atoms with Gasteiger partial charge in [-0.05, 0) is 36.4 Å². The summed E-state index contributed by atoms with van der Waals surface area (Å²) in [6.45, 7) is 0.211. The van der Waals surface area contributed by atoms with Gasteiger partial charge in [-0.1, -0.05) is 30.3 Å². The largest absolute Gasteiger partial charge is 0.496 e. The number of hydrogen-bond acceptors (Lipinski definition) is 6. The van der Waals surface area contributed by atoms with Gasteiger partial charge in [-0.3, -0.25) is 9.59 Å². The molecule has 0 spiro atoms. The van der Waals surface area contributed by atoms with Crippen molar-refractivity contribution in [2.24, 2.45) is 0 Å². The standard InChI is InChI=1S/C26H25NO6/c1-31-22-12-13-23(32-2)25-20(22)14-27(15-21(25)28)24(29)16-33-19-10-8-18(9-11-19)26(30)17-6-4-3-5-7-17/h3-13,21,28H,14-16H2,1-2H3. The van der Waals surface area contributed by atoms with Crippen LogP contribution >= 0.6 is 0 Å². The molecule has 1 amide bonds. The van der Waals surface area contributed by atoms with Crippen LogP contribution in [0.15, 0.2) is 66.7 Å². The van der Waals surface area contributed by atoms with Gasteiger partial charge < -0.3 is 24.2 Å². The molecule has 0 fully saturated rings. The lowest BCUT2D eigenvalue weighted by Crippen LogP contribution is -2.41. The van der Waals surface area contributed by atoms with Gasteiger partial charge in [0.25, 0.3) is 5.91 Å². The number of aliphatic hydroxyl groups is 1. The van der Waals surface area contributed by atoms with Crippen LogP contribution in [0.5, 0.6) is 17.2 Å². The molecule has 1 aliphatic heterocycles. The zero-order valence-corrected chi connectivity index (χ0v) is 18.5. The van der Waals surface area contributed by atoms with E-state index in [0.29, 0.717) is 39.5 Å². The first-order valence-electron chi connectivity index (χ1n) is 10.5. The number of aliphatic hydroxyl groups excluding tert-OH is 1. The van der Waals surface area contributed by atoms with E-state index < -0.39 is 6.10 Å². The fraction of sp³-hybridized carbons (Fsp3) is 0.231. The Bertz CT molecular complexity index is 1140. The Labute approximate surface area is 192 Å². The Hall–Kier alpha value is -3.84. The molecule has 1 heterocycles. The molecule has 0 aromatic heterocycles. The average Bonchev–Trinajstić information content (AvgIpc) is 2.86. The molecule has 0 radical (unpaired) electrons. The van der Waals surface area contributed by atoms with Crippen molar-refractivity contribution in [2.75, 3.05) is 27.4 Å². The highest BCUT2D eigenvalue weighted by molar-refractivity contribution is 6.09. The number of fused-ring (bicyclic) bond motifs is 1. The van der Waals surface area contributed by atoms with E-state index in [1.54, 1.807) is 62.8 Å². The zero-order chi connectivity index (χ0) is 23.4. The quantitative estimate of drug-likeness (QED) is 0.559. The van der Waals surface area contributed by atoms with Gasteiger partial charge in [0.1, 0.15) is 23.4 Å². The molecule has 33 heavy (non-hydrogen) atoms. The highest BCUT2D eigenvalue weighted by atomic mass is 16.5. The number of benzene rings is 3. The second-order valence-electron chi connectivity index (χ2n) is 7.66. The van der Waals surface area contributed by atoms with E-state index in [9.17, 15) is 14.7 Å². The van der Waals surface area contributed by atoms with E-state index in [2.05, 4.69) is 0 Å². The number of β-amino-alcohol motifs (C(OH)–C–C–N with tert-alkyl or cyclic N) is 1. The van der Waals surface area contributed by atoms with E-state index in [4.69, 9.17) is 14.2 Å². The summed E-state index contributed by atoms with van der Waals surface area (Å²) in [6, 6.07) is 19.2. The lowest BCUT2D eigenvalue weighted by molar-refractivity contribution is -0.136.